The standard InChI is InChI=1S/C23H22ClN5O2/c24-17-7-5-15(6-8-17)19-9-10-21(28-27-19)29-13-11-16(12-14-29)23(31)26-20-4-2-1-3-18(20)22(25)30/h1-10,16H,11-14H2,(H2,25,30)(H,26,31). The van der Waals surface area contributed by atoms with Gasteiger partial charge in [-0.2, -0.15) is 0 Å². The van der Waals surface area contributed by atoms with Crippen LogP contribution in [0.2, 0.25) is 5.02 Å². The van der Waals surface area contributed by atoms with Crippen LogP contribution in [0.15, 0.2) is 60.7 Å². The predicted molar refractivity (Wildman–Crippen MR) is 121 cm³/mol. The zero-order valence-electron chi connectivity index (χ0n) is 16.8. The molecule has 3 aromatic rings. The van der Waals surface area contributed by atoms with Gasteiger partial charge >= 0.3 is 0 Å². The topological polar surface area (TPSA) is 101 Å². The van der Waals surface area contributed by atoms with Crippen molar-refractivity contribution >= 4 is 34.9 Å². The molecule has 1 aliphatic heterocycles. The van der Waals surface area contributed by atoms with Gasteiger partial charge in [0.25, 0.3) is 5.91 Å². The van der Waals surface area contributed by atoms with E-state index in [4.69, 9.17) is 17.3 Å². The summed E-state index contributed by atoms with van der Waals surface area (Å²) >= 11 is 5.94. The summed E-state index contributed by atoms with van der Waals surface area (Å²) in [6, 6.07) is 18.1. The monoisotopic (exact) mass is 435 g/mol. The summed E-state index contributed by atoms with van der Waals surface area (Å²) in [6.45, 7) is 1.40. The Bertz CT molecular complexity index is 1080. The molecule has 1 aromatic heterocycles. The number of anilines is 2. The van der Waals surface area contributed by atoms with E-state index < -0.39 is 5.91 Å². The minimum absolute atomic E-state index is 0.0995. The van der Waals surface area contributed by atoms with Gasteiger partial charge in [-0.3, -0.25) is 9.59 Å². The lowest BCUT2D eigenvalue weighted by Gasteiger charge is -2.32. The number of nitrogens with two attached hydrogens (primary N) is 1. The van der Waals surface area contributed by atoms with Crippen LogP contribution in [-0.4, -0.2) is 35.1 Å². The fourth-order valence-electron chi connectivity index (χ4n) is 3.68. The van der Waals surface area contributed by atoms with Crippen molar-refractivity contribution in [3.05, 3.63) is 71.2 Å². The van der Waals surface area contributed by atoms with Gasteiger partial charge in [0.2, 0.25) is 5.91 Å². The summed E-state index contributed by atoms with van der Waals surface area (Å²) in [7, 11) is 0. The van der Waals surface area contributed by atoms with E-state index >= 15 is 0 Å². The lowest BCUT2D eigenvalue weighted by molar-refractivity contribution is -0.120. The van der Waals surface area contributed by atoms with Gasteiger partial charge in [-0.05, 0) is 49.2 Å². The Kier molecular flexibility index (Phi) is 6.13. The second-order valence-electron chi connectivity index (χ2n) is 7.44. The van der Waals surface area contributed by atoms with Crippen molar-refractivity contribution in [2.45, 2.75) is 12.8 Å². The minimum atomic E-state index is -0.564. The van der Waals surface area contributed by atoms with Crippen LogP contribution < -0.4 is 16.0 Å². The molecule has 31 heavy (non-hydrogen) atoms. The molecular weight excluding hydrogens is 414 g/mol. The summed E-state index contributed by atoms with van der Waals surface area (Å²) in [6.07, 6.45) is 1.37. The van der Waals surface area contributed by atoms with Gasteiger partial charge in [0.05, 0.1) is 16.9 Å². The molecule has 2 aromatic carbocycles. The number of amides is 2. The molecule has 3 N–H and O–H groups in total. The number of benzene rings is 2. The maximum Gasteiger partial charge on any atom is 0.250 e. The highest BCUT2D eigenvalue weighted by Crippen LogP contribution is 2.25. The average Bonchev–Trinajstić information content (AvgIpc) is 2.80. The van der Waals surface area contributed by atoms with E-state index in [0.717, 1.165) is 17.1 Å². The quantitative estimate of drug-likeness (QED) is 0.635. The third-order valence-electron chi connectivity index (χ3n) is 5.43. The molecule has 1 saturated heterocycles. The van der Waals surface area contributed by atoms with Crippen molar-refractivity contribution in [1.82, 2.24) is 10.2 Å². The number of hydrogen-bond acceptors (Lipinski definition) is 5. The van der Waals surface area contributed by atoms with Crippen LogP contribution in [0, 0.1) is 5.92 Å². The second kappa shape index (κ2) is 9.14. The van der Waals surface area contributed by atoms with Crippen molar-refractivity contribution in [3.8, 4) is 11.3 Å². The zero-order chi connectivity index (χ0) is 21.8. The van der Waals surface area contributed by atoms with Crippen molar-refractivity contribution in [3.63, 3.8) is 0 Å². The molecule has 0 aliphatic carbocycles. The molecule has 8 heteroatoms. The molecule has 2 heterocycles. The molecule has 158 valence electrons. The highest BCUT2D eigenvalue weighted by atomic mass is 35.5. The maximum absolute atomic E-state index is 12.7. The van der Waals surface area contributed by atoms with Gasteiger partial charge in [0.15, 0.2) is 5.82 Å². The number of carbonyl (C=O) groups is 2. The van der Waals surface area contributed by atoms with Crippen LogP contribution in [0.5, 0.6) is 0 Å². The SMILES string of the molecule is NC(=O)c1ccccc1NC(=O)C1CCN(c2ccc(-c3ccc(Cl)cc3)nn2)CC1. The molecular formula is C23H22ClN5O2. The van der Waals surface area contributed by atoms with E-state index in [9.17, 15) is 9.59 Å². The molecule has 0 saturated carbocycles. The van der Waals surface area contributed by atoms with Crippen LogP contribution in [-0.2, 0) is 4.79 Å². The van der Waals surface area contributed by atoms with E-state index in [-0.39, 0.29) is 11.8 Å². The van der Waals surface area contributed by atoms with Gasteiger partial charge in [-0.25, -0.2) is 0 Å². The summed E-state index contributed by atoms with van der Waals surface area (Å²) in [5.41, 5.74) is 7.88. The summed E-state index contributed by atoms with van der Waals surface area (Å²) in [4.78, 5) is 26.4. The summed E-state index contributed by atoms with van der Waals surface area (Å²) in [5.74, 6) is -0.0158. The Hall–Kier alpha value is -3.45. The van der Waals surface area contributed by atoms with Crippen LogP contribution in [0.1, 0.15) is 23.2 Å². The first-order chi connectivity index (χ1) is 15.0. The van der Waals surface area contributed by atoms with Crippen molar-refractivity contribution in [2.24, 2.45) is 11.7 Å². The third-order valence-corrected chi connectivity index (χ3v) is 5.68. The molecule has 1 fully saturated rings. The molecule has 0 bridgehead atoms. The van der Waals surface area contributed by atoms with Crippen molar-refractivity contribution in [1.29, 1.82) is 0 Å². The number of carbonyl (C=O) groups excluding carboxylic acids is 2. The number of nitrogens with one attached hydrogen (secondary N) is 1. The third kappa shape index (κ3) is 4.83. The number of para-hydroxylation sites is 1. The fraction of sp³-hybridized carbons (Fsp3) is 0.217. The molecule has 0 radical (unpaired) electrons. The van der Waals surface area contributed by atoms with Gasteiger partial charge in [-0.15, -0.1) is 10.2 Å². The Balaban J connectivity index is 1.36. The molecule has 0 unspecified atom stereocenters. The number of halogens is 1. The largest absolute Gasteiger partial charge is 0.366 e. The summed E-state index contributed by atoms with van der Waals surface area (Å²) in [5, 5.41) is 12.2. The number of primary amides is 1. The van der Waals surface area contributed by atoms with Gasteiger partial charge in [-0.1, -0.05) is 35.9 Å². The molecule has 2 amide bonds. The Labute approximate surface area is 185 Å². The molecule has 7 nitrogen and oxygen atoms in total. The van der Waals surface area contributed by atoms with Gasteiger partial charge in [0, 0.05) is 29.6 Å². The van der Waals surface area contributed by atoms with E-state index in [1.807, 2.05) is 36.4 Å². The van der Waals surface area contributed by atoms with Crippen molar-refractivity contribution < 1.29 is 9.59 Å². The summed E-state index contributed by atoms with van der Waals surface area (Å²) < 4.78 is 0. The number of hydrogen-bond donors (Lipinski definition) is 2. The molecule has 1 aliphatic rings. The van der Waals surface area contributed by atoms with Crippen LogP contribution in [0.3, 0.4) is 0 Å². The highest BCUT2D eigenvalue weighted by Gasteiger charge is 2.26. The minimum Gasteiger partial charge on any atom is -0.366 e. The van der Waals surface area contributed by atoms with Crippen LogP contribution in [0.25, 0.3) is 11.3 Å². The Morgan fingerprint density at radius 3 is 2.32 bits per heavy atom. The first-order valence-electron chi connectivity index (χ1n) is 10.1. The van der Waals surface area contributed by atoms with E-state index in [1.54, 1.807) is 24.3 Å². The normalized spacial score (nSPS) is 14.3. The highest BCUT2D eigenvalue weighted by molar-refractivity contribution is 6.30. The average molecular weight is 436 g/mol. The first-order valence-corrected chi connectivity index (χ1v) is 10.4. The van der Waals surface area contributed by atoms with Gasteiger partial charge < -0.3 is 16.0 Å². The number of rotatable bonds is 5. The maximum atomic E-state index is 12.7. The zero-order valence-corrected chi connectivity index (χ0v) is 17.5. The smallest absolute Gasteiger partial charge is 0.250 e. The van der Waals surface area contributed by atoms with E-state index in [1.165, 1.54) is 0 Å². The predicted octanol–water partition coefficient (Wildman–Crippen LogP) is 3.75. The molecule has 4 rings (SSSR count). The second-order valence-corrected chi connectivity index (χ2v) is 7.88. The van der Waals surface area contributed by atoms with Crippen LogP contribution in [0.4, 0.5) is 11.5 Å². The lowest BCUT2D eigenvalue weighted by atomic mass is 9.95. The Morgan fingerprint density at radius 1 is 0.968 bits per heavy atom. The number of piperidine rings is 1. The van der Waals surface area contributed by atoms with Gasteiger partial charge in [0.1, 0.15) is 0 Å². The van der Waals surface area contributed by atoms with Crippen molar-refractivity contribution in [2.75, 3.05) is 23.3 Å². The first kappa shape index (κ1) is 20.8. The fourth-order valence-corrected chi connectivity index (χ4v) is 3.81. The molecule has 0 spiro atoms. The lowest BCUT2D eigenvalue weighted by Crippen LogP contribution is -2.38. The molecule has 0 atom stereocenters. The number of aromatic nitrogens is 2. The Morgan fingerprint density at radius 2 is 1.68 bits per heavy atom. The number of nitrogens with zero attached hydrogens (tertiary/aromatic N) is 3. The van der Waals surface area contributed by atoms with E-state index in [0.29, 0.717) is 42.2 Å². The van der Waals surface area contributed by atoms with Crippen LogP contribution >= 0.6 is 11.6 Å². The van der Waals surface area contributed by atoms with E-state index in [2.05, 4.69) is 20.4 Å².